The molecule has 0 spiro atoms. The highest BCUT2D eigenvalue weighted by atomic mass is 19.2. The van der Waals surface area contributed by atoms with Gasteiger partial charge in [0.2, 0.25) is 0 Å². The van der Waals surface area contributed by atoms with Crippen molar-refractivity contribution in [3.8, 4) is 17.1 Å². The number of ether oxygens (including phenoxy) is 1. The lowest BCUT2D eigenvalue weighted by atomic mass is 10.2. The monoisotopic (exact) mass is 364 g/mol. The van der Waals surface area contributed by atoms with Crippen molar-refractivity contribution >= 4 is 10.9 Å². The molecule has 0 unspecified atom stereocenters. The molecular formula is C21H14F2N2O2. The van der Waals surface area contributed by atoms with Gasteiger partial charge in [0.1, 0.15) is 18.2 Å². The van der Waals surface area contributed by atoms with Crippen molar-refractivity contribution in [1.29, 1.82) is 0 Å². The molecule has 0 aliphatic heterocycles. The topological polar surface area (TPSA) is 55.0 Å². The van der Waals surface area contributed by atoms with Gasteiger partial charge in [-0.15, -0.1) is 0 Å². The normalized spacial score (nSPS) is 10.9. The number of rotatable bonds is 4. The summed E-state index contributed by atoms with van der Waals surface area (Å²) in [6, 6.07) is 17.8. The van der Waals surface area contributed by atoms with Gasteiger partial charge in [0.25, 0.3) is 5.56 Å². The summed E-state index contributed by atoms with van der Waals surface area (Å²) in [6.07, 6.45) is 0. The standard InChI is InChI=1S/C21H14F2N2O2/c22-17-10-5-13(11-18(17)23)12-27-15-8-6-14(7-9-15)20-24-19-4-2-1-3-16(19)21(26)25-20/h1-11H,12H2,(H,24,25,26). The number of H-pyrrole nitrogens is 1. The van der Waals surface area contributed by atoms with Gasteiger partial charge in [0.05, 0.1) is 10.9 Å². The molecule has 0 aliphatic rings. The minimum absolute atomic E-state index is 0.113. The first-order valence-corrected chi connectivity index (χ1v) is 8.26. The van der Waals surface area contributed by atoms with E-state index in [9.17, 15) is 13.6 Å². The van der Waals surface area contributed by atoms with Gasteiger partial charge in [-0.1, -0.05) is 18.2 Å². The Morgan fingerprint density at radius 1 is 0.926 bits per heavy atom. The maximum atomic E-state index is 13.2. The van der Waals surface area contributed by atoms with Crippen LogP contribution in [-0.4, -0.2) is 9.97 Å². The summed E-state index contributed by atoms with van der Waals surface area (Å²) in [4.78, 5) is 19.4. The SMILES string of the molecule is O=c1[nH]c(-c2ccc(OCc3ccc(F)c(F)c3)cc2)nc2ccccc12. The largest absolute Gasteiger partial charge is 0.489 e. The molecular weight excluding hydrogens is 350 g/mol. The van der Waals surface area contributed by atoms with E-state index in [1.54, 1.807) is 42.5 Å². The fourth-order valence-corrected chi connectivity index (χ4v) is 2.73. The molecule has 6 heteroatoms. The molecule has 0 saturated carbocycles. The van der Waals surface area contributed by atoms with Gasteiger partial charge in [0, 0.05) is 5.56 Å². The summed E-state index contributed by atoms with van der Waals surface area (Å²) in [5, 5.41) is 0.535. The molecule has 0 amide bonds. The first kappa shape index (κ1) is 16.9. The number of nitrogens with one attached hydrogen (secondary N) is 1. The van der Waals surface area contributed by atoms with Crippen LogP contribution in [0.3, 0.4) is 0 Å². The number of aromatic amines is 1. The molecule has 1 aromatic heterocycles. The fourth-order valence-electron chi connectivity index (χ4n) is 2.73. The average Bonchev–Trinajstić information content (AvgIpc) is 2.69. The van der Waals surface area contributed by atoms with E-state index in [0.29, 0.717) is 28.0 Å². The Labute approximate surface area is 153 Å². The highest BCUT2D eigenvalue weighted by Gasteiger charge is 2.07. The highest BCUT2D eigenvalue weighted by Crippen LogP contribution is 2.21. The van der Waals surface area contributed by atoms with Crippen molar-refractivity contribution < 1.29 is 13.5 Å². The Morgan fingerprint density at radius 2 is 1.70 bits per heavy atom. The van der Waals surface area contributed by atoms with Gasteiger partial charge in [-0.25, -0.2) is 13.8 Å². The van der Waals surface area contributed by atoms with Gasteiger partial charge in [0.15, 0.2) is 11.6 Å². The summed E-state index contributed by atoms with van der Waals surface area (Å²) < 4.78 is 31.8. The maximum absolute atomic E-state index is 13.2. The molecule has 0 fully saturated rings. The predicted molar refractivity (Wildman–Crippen MR) is 98.5 cm³/mol. The van der Waals surface area contributed by atoms with E-state index < -0.39 is 11.6 Å². The second kappa shape index (κ2) is 6.99. The third kappa shape index (κ3) is 3.55. The Kier molecular flexibility index (Phi) is 4.38. The number of hydrogen-bond acceptors (Lipinski definition) is 3. The number of aromatic nitrogens is 2. The number of hydrogen-bond donors (Lipinski definition) is 1. The van der Waals surface area contributed by atoms with Crippen LogP contribution in [0.15, 0.2) is 71.5 Å². The quantitative estimate of drug-likeness (QED) is 0.582. The van der Waals surface area contributed by atoms with Crippen LogP contribution in [0.1, 0.15) is 5.56 Å². The molecule has 1 heterocycles. The molecule has 0 bridgehead atoms. The zero-order valence-corrected chi connectivity index (χ0v) is 14.1. The summed E-state index contributed by atoms with van der Waals surface area (Å²) in [6.45, 7) is 0.113. The molecule has 4 nitrogen and oxygen atoms in total. The van der Waals surface area contributed by atoms with Crippen molar-refractivity contribution in [3.05, 3.63) is 94.3 Å². The second-order valence-electron chi connectivity index (χ2n) is 5.99. The molecule has 3 aromatic carbocycles. The number of benzene rings is 3. The van der Waals surface area contributed by atoms with Crippen LogP contribution in [-0.2, 0) is 6.61 Å². The van der Waals surface area contributed by atoms with Gasteiger partial charge < -0.3 is 9.72 Å². The zero-order chi connectivity index (χ0) is 18.8. The Bertz CT molecular complexity index is 1170. The van der Waals surface area contributed by atoms with Gasteiger partial charge in [-0.2, -0.15) is 0 Å². The van der Waals surface area contributed by atoms with Crippen molar-refractivity contribution in [2.75, 3.05) is 0 Å². The van der Waals surface area contributed by atoms with E-state index in [0.717, 1.165) is 17.7 Å². The summed E-state index contributed by atoms with van der Waals surface area (Å²) >= 11 is 0. The Hall–Kier alpha value is -3.54. The van der Waals surface area contributed by atoms with E-state index in [1.807, 2.05) is 6.07 Å². The van der Waals surface area contributed by atoms with Crippen molar-refractivity contribution in [2.24, 2.45) is 0 Å². The van der Waals surface area contributed by atoms with Crippen LogP contribution in [0.2, 0.25) is 0 Å². The third-order valence-corrected chi connectivity index (χ3v) is 4.13. The number of halogens is 2. The maximum Gasteiger partial charge on any atom is 0.259 e. The molecule has 4 aromatic rings. The van der Waals surface area contributed by atoms with Crippen LogP contribution in [0.5, 0.6) is 5.75 Å². The molecule has 1 N–H and O–H groups in total. The van der Waals surface area contributed by atoms with Crippen LogP contribution in [0.4, 0.5) is 8.78 Å². The number of nitrogens with zero attached hydrogens (tertiary/aromatic N) is 1. The fraction of sp³-hybridized carbons (Fsp3) is 0.0476. The van der Waals surface area contributed by atoms with Gasteiger partial charge in [-0.05, 0) is 54.1 Å². The number of fused-ring (bicyclic) bond motifs is 1. The molecule has 134 valence electrons. The van der Waals surface area contributed by atoms with Crippen LogP contribution in [0.25, 0.3) is 22.3 Å². The van der Waals surface area contributed by atoms with Gasteiger partial charge in [-0.3, -0.25) is 4.79 Å². The molecule has 0 aliphatic carbocycles. The second-order valence-corrected chi connectivity index (χ2v) is 5.99. The summed E-state index contributed by atoms with van der Waals surface area (Å²) in [5.41, 5.74) is 1.68. The molecule has 27 heavy (non-hydrogen) atoms. The number of para-hydroxylation sites is 1. The van der Waals surface area contributed by atoms with Crippen molar-refractivity contribution in [2.45, 2.75) is 6.61 Å². The van der Waals surface area contributed by atoms with E-state index in [1.165, 1.54) is 6.07 Å². The van der Waals surface area contributed by atoms with Crippen molar-refractivity contribution in [3.63, 3.8) is 0 Å². The molecule has 0 radical (unpaired) electrons. The molecule has 0 atom stereocenters. The zero-order valence-electron chi connectivity index (χ0n) is 14.1. The average molecular weight is 364 g/mol. The van der Waals surface area contributed by atoms with Crippen LogP contribution in [0, 0.1) is 11.6 Å². The minimum Gasteiger partial charge on any atom is -0.489 e. The van der Waals surface area contributed by atoms with Crippen LogP contribution < -0.4 is 10.3 Å². The molecule has 0 saturated heterocycles. The van der Waals surface area contributed by atoms with Crippen LogP contribution >= 0.6 is 0 Å². The third-order valence-electron chi connectivity index (χ3n) is 4.13. The lowest BCUT2D eigenvalue weighted by molar-refractivity contribution is 0.305. The van der Waals surface area contributed by atoms with E-state index in [2.05, 4.69) is 9.97 Å². The lowest BCUT2D eigenvalue weighted by Crippen LogP contribution is -2.09. The Balaban J connectivity index is 1.53. The first-order chi connectivity index (χ1) is 13.1. The van der Waals surface area contributed by atoms with Gasteiger partial charge >= 0.3 is 0 Å². The summed E-state index contributed by atoms with van der Waals surface area (Å²) in [7, 11) is 0. The van der Waals surface area contributed by atoms with E-state index in [4.69, 9.17) is 4.74 Å². The van der Waals surface area contributed by atoms with Crippen molar-refractivity contribution in [1.82, 2.24) is 9.97 Å². The first-order valence-electron chi connectivity index (χ1n) is 8.26. The predicted octanol–water partition coefficient (Wildman–Crippen LogP) is 4.45. The van der Waals surface area contributed by atoms with E-state index in [-0.39, 0.29) is 12.2 Å². The Morgan fingerprint density at radius 3 is 2.48 bits per heavy atom. The lowest BCUT2D eigenvalue weighted by Gasteiger charge is -2.08. The minimum atomic E-state index is -0.905. The smallest absolute Gasteiger partial charge is 0.259 e. The molecule has 4 rings (SSSR count). The van der Waals surface area contributed by atoms with E-state index >= 15 is 0 Å². The highest BCUT2D eigenvalue weighted by molar-refractivity contribution is 5.79. The summed E-state index contributed by atoms with van der Waals surface area (Å²) in [5.74, 6) is -0.768.